The van der Waals surface area contributed by atoms with Crippen molar-refractivity contribution in [1.82, 2.24) is 14.5 Å². The Hall–Kier alpha value is -3.48. The molecule has 3 aromatic rings. The minimum atomic E-state index is -4.91. The fourth-order valence-corrected chi connectivity index (χ4v) is 3.39. The number of hydrogen-bond donors (Lipinski definition) is 1. The molecule has 0 bridgehead atoms. The van der Waals surface area contributed by atoms with Crippen molar-refractivity contribution in [1.29, 1.82) is 0 Å². The third-order valence-electron chi connectivity index (χ3n) is 4.12. The summed E-state index contributed by atoms with van der Waals surface area (Å²) in [5.41, 5.74) is -3.53. The number of aromatic nitrogens is 3. The van der Waals surface area contributed by atoms with E-state index in [1.54, 1.807) is 20.8 Å². The van der Waals surface area contributed by atoms with Gasteiger partial charge in [-0.1, -0.05) is 6.07 Å². The molecule has 0 atom stereocenters. The number of ether oxygens (including phenoxy) is 1. The van der Waals surface area contributed by atoms with Gasteiger partial charge in [0.2, 0.25) is 15.0 Å². The lowest BCUT2D eigenvalue weighted by Gasteiger charge is -2.20. The van der Waals surface area contributed by atoms with Gasteiger partial charge < -0.3 is 4.74 Å². The van der Waals surface area contributed by atoms with Gasteiger partial charge in [-0.2, -0.15) is 18.2 Å². The topological polar surface area (TPSA) is 120 Å². The molecule has 0 saturated heterocycles. The van der Waals surface area contributed by atoms with Crippen LogP contribution >= 0.6 is 0 Å². The van der Waals surface area contributed by atoms with E-state index in [4.69, 9.17) is 4.74 Å². The summed E-state index contributed by atoms with van der Waals surface area (Å²) in [6.45, 7) is 4.99. The Labute approximate surface area is 186 Å². The fraction of sp³-hybridized carbons (Fsp3) is 0.300. The van der Waals surface area contributed by atoms with E-state index < -0.39 is 55.0 Å². The van der Waals surface area contributed by atoms with E-state index in [1.165, 1.54) is 24.3 Å². The maximum atomic E-state index is 13.5. The van der Waals surface area contributed by atoms with Crippen molar-refractivity contribution in [2.24, 2.45) is 0 Å². The highest BCUT2D eigenvalue weighted by molar-refractivity contribution is 7.90. The van der Waals surface area contributed by atoms with Crippen LogP contribution in [0.2, 0.25) is 0 Å². The molecule has 2 aromatic heterocycles. The monoisotopic (exact) mass is 484 g/mol. The van der Waals surface area contributed by atoms with Gasteiger partial charge >= 0.3 is 12.3 Å². The molecule has 0 saturated carbocycles. The van der Waals surface area contributed by atoms with E-state index in [9.17, 15) is 31.2 Å². The van der Waals surface area contributed by atoms with E-state index in [-0.39, 0.29) is 11.4 Å². The number of rotatable bonds is 3. The molecule has 1 aromatic carbocycles. The fourth-order valence-electron chi connectivity index (χ4n) is 2.89. The quantitative estimate of drug-likeness (QED) is 0.565. The zero-order valence-corrected chi connectivity index (χ0v) is 18.7. The minimum absolute atomic E-state index is 0.0328. The van der Waals surface area contributed by atoms with Crippen molar-refractivity contribution in [2.45, 2.75) is 37.7 Å². The predicted molar refractivity (Wildman–Crippen MR) is 113 cm³/mol. The Bertz CT molecular complexity index is 1410. The molecule has 0 radical (unpaired) electrons. The number of benzene rings is 1. The number of carbonyl (C=O) groups excluding carboxylic acids is 1. The van der Waals surface area contributed by atoms with Gasteiger partial charge in [0, 0.05) is 29.6 Å². The smallest absolute Gasteiger partial charge is 0.417 e. The van der Waals surface area contributed by atoms with Gasteiger partial charge in [-0.3, -0.25) is 14.7 Å². The van der Waals surface area contributed by atoms with Crippen molar-refractivity contribution in [3.05, 3.63) is 52.4 Å². The molecular formula is C20H19F3N4O5S. The van der Waals surface area contributed by atoms with Gasteiger partial charge in [-0.25, -0.2) is 18.2 Å². The van der Waals surface area contributed by atoms with Crippen LogP contribution in [0.5, 0.6) is 0 Å². The van der Waals surface area contributed by atoms with Crippen LogP contribution in [-0.4, -0.2) is 40.9 Å². The lowest BCUT2D eigenvalue weighted by atomic mass is 10.1. The van der Waals surface area contributed by atoms with Crippen LogP contribution in [0.1, 0.15) is 26.3 Å². The molecule has 13 heteroatoms. The molecule has 0 spiro atoms. The van der Waals surface area contributed by atoms with Crippen LogP contribution in [0.4, 0.5) is 23.7 Å². The molecule has 3 rings (SSSR count). The van der Waals surface area contributed by atoms with Gasteiger partial charge in [0.15, 0.2) is 5.65 Å². The lowest BCUT2D eigenvalue weighted by Crippen LogP contribution is -2.27. The average molecular weight is 484 g/mol. The number of nitrogens with one attached hydrogen (secondary N) is 1. The van der Waals surface area contributed by atoms with E-state index in [0.717, 1.165) is 10.8 Å². The zero-order chi connectivity index (χ0) is 24.8. The van der Waals surface area contributed by atoms with Crippen LogP contribution in [-0.2, 0) is 20.8 Å². The standard InChI is InChI=1S/C20H19F3N4O5S/c1-19(2,3)32-18(29)25-11-6-5-7-12(8-11)27-15(28)9-14(20(21,22)23)13-10-24-17(26-16(13)27)33(4,30)31/h5-10H,1-4H3,(H,25,29). The van der Waals surface area contributed by atoms with Crippen LogP contribution in [0, 0.1) is 0 Å². The van der Waals surface area contributed by atoms with E-state index in [2.05, 4.69) is 15.3 Å². The van der Waals surface area contributed by atoms with Gasteiger partial charge in [0.1, 0.15) is 5.60 Å². The number of pyridine rings is 1. The molecule has 0 fully saturated rings. The summed E-state index contributed by atoms with van der Waals surface area (Å²) in [6.07, 6.45) is -4.20. The number of anilines is 1. The second-order valence-corrected chi connectivity index (χ2v) is 9.98. The molecule has 33 heavy (non-hydrogen) atoms. The highest BCUT2D eigenvalue weighted by Crippen LogP contribution is 2.34. The SMILES string of the molecule is CC(C)(C)OC(=O)Nc1cccc(-n2c(=O)cc(C(F)(F)F)c3cnc(S(C)(=O)=O)nc32)c1. The summed E-state index contributed by atoms with van der Waals surface area (Å²) in [4.78, 5) is 32.0. The summed E-state index contributed by atoms with van der Waals surface area (Å²) >= 11 is 0. The predicted octanol–water partition coefficient (Wildman–Crippen LogP) is 3.55. The summed E-state index contributed by atoms with van der Waals surface area (Å²) < 4.78 is 70.3. The average Bonchev–Trinajstić information content (AvgIpc) is 2.64. The maximum absolute atomic E-state index is 13.5. The van der Waals surface area contributed by atoms with E-state index >= 15 is 0 Å². The van der Waals surface area contributed by atoms with Crippen LogP contribution in [0.15, 0.2) is 46.5 Å². The first-order valence-corrected chi connectivity index (χ1v) is 11.3. The van der Waals surface area contributed by atoms with Crippen molar-refractivity contribution in [2.75, 3.05) is 11.6 Å². The third-order valence-corrected chi connectivity index (χ3v) is 4.98. The highest BCUT2D eigenvalue weighted by atomic mass is 32.2. The first-order chi connectivity index (χ1) is 15.1. The molecular weight excluding hydrogens is 465 g/mol. The number of fused-ring (bicyclic) bond motifs is 1. The Morgan fingerprint density at radius 1 is 1.15 bits per heavy atom. The molecule has 2 heterocycles. The van der Waals surface area contributed by atoms with Gasteiger partial charge in [-0.05, 0) is 39.0 Å². The summed E-state index contributed by atoms with van der Waals surface area (Å²) in [6, 6.07) is 5.98. The molecule has 0 unspecified atom stereocenters. The number of nitrogens with zero attached hydrogens (tertiary/aromatic N) is 3. The van der Waals surface area contributed by atoms with Crippen molar-refractivity contribution >= 4 is 32.7 Å². The Balaban J connectivity index is 2.24. The summed E-state index contributed by atoms with van der Waals surface area (Å²) in [7, 11) is -3.99. The number of carbonyl (C=O) groups is 1. The molecule has 176 valence electrons. The van der Waals surface area contributed by atoms with Crippen LogP contribution < -0.4 is 10.9 Å². The van der Waals surface area contributed by atoms with Crippen LogP contribution in [0.25, 0.3) is 16.7 Å². The molecule has 0 aliphatic heterocycles. The number of sulfone groups is 1. The Morgan fingerprint density at radius 3 is 2.39 bits per heavy atom. The Morgan fingerprint density at radius 2 is 1.82 bits per heavy atom. The molecule has 1 amide bonds. The normalized spacial score (nSPS) is 12.6. The first kappa shape index (κ1) is 24.2. The molecule has 1 N–H and O–H groups in total. The van der Waals surface area contributed by atoms with Gasteiger partial charge in [0.25, 0.3) is 5.56 Å². The first-order valence-electron chi connectivity index (χ1n) is 9.37. The zero-order valence-electron chi connectivity index (χ0n) is 17.9. The third kappa shape index (κ3) is 5.48. The van der Waals surface area contributed by atoms with Gasteiger partial charge in [0.05, 0.1) is 11.3 Å². The molecule has 9 nitrogen and oxygen atoms in total. The number of halogens is 3. The van der Waals surface area contributed by atoms with Crippen LogP contribution in [0.3, 0.4) is 0 Å². The van der Waals surface area contributed by atoms with E-state index in [1.807, 2.05) is 0 Å². The Kier molecular flexibility index (Phi) is 5.96. The molecule has 0 aliphatic rings. The van der Waals surface area contributed by atoms with E-state index in [0.29, 0.717) is 12.3 Å². The maximum Gasteiger partial charge on any atom is 0.417 e. The molecule has 0 aliphatic carbocycles. The summed E-state index contributed by atoms with van der Waals surface area (Å²) in [5.74, 6) is 0. The second-order valence-electron chi connectivity index (χ2n) is 8.07. The van der Waals surface area contributed by atoms with Crippen molar-refractivity contribution in [3.8, 4) is 5.69 Å². The van der Waals surface area contributed by atoms with Gasteiger partial charge in [-0.15, -0.1) is 0 Å². The lowest BCUT2D eigenvalue weighted by molar-refractivity contribution is -0.136. The van der Waals surface area contributed by atoms with Crippen molar-refractivity contribution in [3.63, 3.8) is 0 Å². The highest BCUT2D eigenvalue weighted by Gasteiger charge is 2.35. The van der Waals surface area contributed by atoms with Crippen molar-refractivity contribution < 1.29 is 31.1 Å². The number of alkyl halides is 3. The largest absolute Gasteiger partial charge is 0.444 e. The minimum Gasteiger partial charge on any atom is -0.444 e. The summed E-state index contributed by atoms with van der Waals surface area (Å²) in [5, 5.41) is 1.15. The number of hydrogen-bond acceptors (Lipinski definition) is 7. The second kappa shape index (κ2) is 8.14. The number of amides is 1.